The third kappa shape index (κ3) is 5.71. The lowest BCUT2D eigenvalue weighted by Crippen LogP contribution is -2.51. The average Bonchev–Trinajstić information content (AvgIpc) is 2.72. The summed E-state index contributed by atoms with van der Waals surface area (Å²) in [7, 11) is 0. The van der Waals surface area contributed by atoms with E-state index in [1.54, 1.807) is 58.3 Å². The Morgan fingerprint density at radius 3 is 2.24 bits per heavy atom. The molecular formula is C21H21ClN2O5. The molecule has 1 saturated heterocycles. The fourth-order valence-corrected chi connectivity index (χ4v) is 3.09. The van der Waals surface area contributed by atoms with Gasteiger partial charge in [-0.25, -0.2) is 0 Å². The molecule has 0 N–H and O–H groups in total. The molecule has 7 nitrogen and oxygen atoms in total. The van der Waals surface area contributed by atoms with Crippen LogP contribution < -0.4 is 9.47 Å². The topological polar surface area (TPSA) is 76.2 Å². The molecule has 152 valence electrons. The van der Waals surface area contributed by atoms with Gasteiger partial charge in [0.15, 0.2) is 6.61 Å². The first-order valence-corrected chi connectivity index (χ1v) is 9.54. The van der Waals surface area contributed by atoms with Crippen molar-refractivity contribution in [1.82, 2.24) is 9.80 Å². The first-order valence-electron chi connectivity index (χ1n) is 9.16. The van der Waals surface area contributed by atoms with Crippen LogP contribution in [-0.2, 0) is 9.59 Å². The minimum atomic E-state index is -0.442. The Bertz CT molecular complexity index is 892. The van der Waals surface area contributed by atoms with Gasteiger partial charge in [0, 0.05) is 43.7 Å². The second-order valence-electron chi connectivity index (χ2n) is 6.54. The Balaban J connectivity index is 1.50. The van der Waals surface area contributed by atoms with Crippen LogP contribution in [0.4, 0.5) is 0 Å². The van der Waals surface area contributed by atoms with Gasteiger partial charge in [-0.2, -0.15) is 0 Å². The summed E-state index contributed by atoms with van der Waals surface area (Å²) in [6, 6.07) is 13.3. The zero-order valence-corrected chi connectivity index (χ0v) is 16.7. The van der Waals surface area contributed by atoms with Gasteiger partial charge in [0.25, 0.3) is 11.8 Å². The van der Waals surface area contributed by atoms with Crippen molar-refractivity contribution >= 4 is 29.4 Å². The van der Waals surface area contributed by atoms with Gasteiger partial charge >= 0.3 is 5.97 Å². The normalized spacial score (nSPS) is 13.7. The summed E-state index contributed by atoms with van der Waals surface area (Å²) in [5.74, 6) is 0.163. The number of amides is 2. The van der Waals surface area contributed by atoms with E-state index in [0.717, 1.165) is 0 Å². The van der Waals surface area contributed by atoms with E-state index < -0.39 is 5.97 Å². The van der Waals surface area contributed by atoms with E-state index in [1.165, 1.54) is 6.92 Å². The van der Waals surface area contributed by atoms with E-state index in [1.807, 2.05) is 0 Å². The van der Waals surface area contributed by atoms with E-state index in [9.17, 15) is 14.4 Å². The average molecular weight is 417 g/mol. The van der Waals surface area contributed by atoms with Crippen LogP contribution in [0.3, 0.4) is 0 Å². The van der Waals surface area contributed by atoms with Crippen LogP contribution >= 0.6 is 11.6 Å². The van der Waals surface area contributed by atoms with Gasteiger partial charge in [-0.1, -0.05) is 17.7 Å². The van der Waals surface area contributed by atoms with Crippen molar-refractivity contribution in [3.05, 3.63) is 59.1 Å². The first kappa shape index (κ1) is 20.7. The van der Waals surface area contributed by atoms with Gasteiger partial charge in [-0.3, -0.25) is 14.4 Å². The zero-order chi connectivity index (χ0) is 20.8. The van der Waals surface area contributed by atoms with Crippen molar-refractivity contribution in [3.8, 4) is 11.5 Å². The third-order valence-corrected chi connectivity index (χ3v) is 4.69. The molecule has 0 aromatic heterocycles. The predicted molar refractivity (Wildman–Crippen MR) is 107 cm³/mol. The summed E-state index contributed by atoms with van der Waals surface area (Å²) in [5, 5.41) is 0.600. The number of nitrogens with zero attached hydrogens (tertiary/aromatic N) is 2. The lowest BCUT2D eigenvalue weighted by Gasteiger charge is -2.34. The number of rotatable bonds is 5. The highest BCUT2D eigenvalue weighted by molar-refractivity contribution is 6.30. The van der Waals surface area contributed by atoms with Crippen LogP contribution in [0.5, 0.6) is 11.5 Å². The van der Waals surface area contributed by atoms with Crippen molar-refractivity contribution in [2.45, 2.75) is 6.92 Å². The van der Waals surface area contributed by atoms with Gasteiger partial charge in [0.2, 0.25) is 0 Å². The van der Waals surface area contributed by atoms with Gasteiger partial charge in [-0.15, -0.1) is 0 Å². The SMILES string of the molecule is CC(=O)Oc1cccc(C(=O)N2CCN(C(=O)COc3ccc(Cl)cc3)CC2)c1. The van der Waals surface area contributed by atoms with Crippen molar-refractivity contribution in [1.29, 1.82) is 0 Å². The molecule has 2 aromatic rings. The largest absolute Gasteiger partial charge is 0.484 e. The second-order valence-corrected chi connectivity index (χ2v) is 6.97. The summed E-state index contributed by atoms with van der Waals surface area (Å²) >= 11 is 5.83. The molecule has 1 heterocycles. The fourth-order valence-electron chi connectivity index (χ4n) is 2.97. The number of piperazine rings is 1. The molecule has 29 heavy (non-hydrogen) atoms. The van der Waals surface area contributed by atoms with E-state index in [0.29, 0.717) is 48.3 Å². The Morgan fingerprint density at radius 1 is 0.931 bits per heavy atom. The molecule has 1 aliphatic rings. The van der Waals surface area contributed by atoms with Crippen LogP contribution in [0.15, 0.2) is 48.5 Å². The van der Waals surface area contributed by atoms with Crippen LogP contribution in [0.1, 0.15) is 17.3 Å². The molecule has 0 atom stereocenters. The Morgan fingerprint density at radius 2 is 1.59 bits per heavy atom. The summed E-state index contributed by atoms with van der Waals surface area (Å²) < 4.78 is 10.5. The minimum Gasteiger partial charge on any atom is -0.484 e. The second kappa shape index (κ2) is 9.43. The summed E-state index contributed by atoms with van der Waals surface area (Å²) in [4.78, 5) is 39.5. The smallest absolute Gasteiger partial charge is 0.308 e. The number of benzene rings is 2. The quantitative estimate of drug-likeness (QED) is 0.553. The summed E-state index contributed by atoms with van der Waals surface area (Å²) in [6.45, 7) is 2.93. The third-order valence-electron chi connectivity index (χ3n) is 4.44. The van der Waals surface area contributed by atoms with Gasteiger partial charge < -0.3 is 19.3 Å². The highest BCUT2D eigenvalue weighted by atomic mass is 35.5. The monoisotopic (exact) mass is 416 g/mol. The van der Waals surface area contributed by atoms with Gasteiger partial charge in [0.05, 0.1) is 0 Å². The molecule has 0 bridgehead atoms. The molecule has 8 heteroatoms. The standard InChI is InChI=1S/C21H21ClN2O5/c1-15(25)29-19-4-2-3-16(13-19)21(27)24-11-9-23(10-12-24)20(26)14-28-18-7-5-17(22)6-8-18/h2-8,13H,9-12,14H2,1H3. The highest BCUT2D eigenvalue weighted by Gasteiger charge is 2.25. The molecule has 0 spiro atoms. The number of esters is 1. The van der Waals surface area contributed by atoms with Crippen LogP contribution in [0, 0.1) is 0 Å². The van der Waals surface area contributed by atoms with Crippen LogP contribution in [0.25, 0.3) is 0 Å². The Kier molecular flexibility index (Phi) is 6.72. The Hall–Kier alpha value is -3.06. The van der Waals surface area contributed by atoms with E-state index in [-0.39, 0.29) is 18.4 Å². The molecule has 2 amide bonds. The maximum absolute atomic E-state index is 12.7. The van der Waals surface area contributed by atoms with Gasteiger partial charge in [-0.05, 0) is 42.5 Å². The van der Waals surface area contributed by atoms with Crippen LogP contribution in [-0.4, -0.2) is 60.4 Å². The maximum Gasteiger partial charge on any atom is 0.308 e. The summed E-state index contributed by atoms with van der Waals surface area (Å²) in [6.07, 6.45) is 0. The molecule has 2 aromatic carbocycles. The van der Waals surface area contributed by atoms with E-state index >= 15 is 0 Å². The molecular weight excluding hydrogens is 396 g/mol. The lowest BCUT2D eigenvalue weighted by molar-refractivity contribution is -0.135. The van der Waals surface area contributed by atoms with Crippen molar-refractivity contribution < 1.29 is 23.9 Å². The fraction of sp³-hybridized carbons (Fsp3) is 0.286. The van der Waals surface area contributed by atoms with E-state index in [2.05, 4.69) is 0 Å². The molecule has 0 aliphatic carbocycles. The number of hydrogen-bond donors (Lipinski definition) is 0. The van der Waals surface area contributed by atoms with Crippen molar-refractivity contribution in [3.63, 3.8) is 0 Å². The molecule has 3 rings (SSSR count). The highest BCUT2D eigenvalue weighted by Crippen LogP contribution is 2.17. The molecule has 1 aliphatic heterocycles. The van der Waals surface area contributed by atoms with Crippen molar-refractivity contribution in [2.75, 3.05) is 32.8 Å². The first-order chi connectivity index (χ1) is 13.9. The lowest BCUT2D eigenvalue weighted by atomic mass is 10.1. The molecule has 1 fully saturated rings. The molecule has 0 radical (unpaired) electrons. The minimum absolute atomic E-state index is 0.0694. The van der Waals surface area contributed by atoms with E-state index in [4.69, 9.17) is 21.1 Å². The van der Waals surface area contributed by atoms with Crippen molar-refractivity contribution in [2.24, 2.45) is 0 Å². The molecule has 0 unspecified atom stereocenters. The van der Waals surface area contributed by atoms with Crippen LogP contribution in [0.2, 0.25) is 5.02 Å². The number of carbonyl (C=O) groups is 3. The zero-order valence-electron chi connectivity index (χ0n) is 16.0. The predicted octanol–water partition coefficient (Wildman–Crippen LogP) is 2.63. The maximum atomic E-state index is 12.7. The number of carbonyl (C=O) groups excluding carboxylic acids is 3. The number of hydrogen-bond acceptors (Lipinski definition) is 5. The molecule has 0 saturated carbocycles. The Labute approximate surface area is 173 Å². The number of halogens is 1. The summed E-state index contributed by atoms with van der Waals surface area (Å²) in [5.41, 5.74) is 0.439. The number of ether oxygens (including phenoxy) is 2. The van der Waals surface area contributed by atoms with Gasteiger partial charge in [0.1, 0.15) is 11.5 Å².